The van der Waals surface area contributed by atoms with Gasteiger partial charge >= 0.3 is 0 Å². The quantitative estimate of drug-likeness (QED) is 0.463. The lowest BCUT2D eigenvalue weighted by molar-refractivity contribution is 0.203. The summed E-state index contributed by atoms with van der Waals surface area (Å²) in [7, 11) is 0. The van der Waals surface area contributed by atoms with Crippen LogP contribution in [0.5, 0.6) is 0 Å². The van der Waals surface area contributed by atoms with E-state index in [2.05, 4.69) is 15.3 Å². The van der Waals surface area contributed by atoms with E-state index in [0.717, 1.165) is 16.5 Å². The molecule has 3 aromatic rings. The van der Waals surface area contributed by atoms with Gasteiger partial charge in [-0.25, -0.2) is 13.8 Å². The lowest BCUT2D eigenvalue weighted by Crippen LogP contribution is -2.30. The van der Waals surface area contributed by atoms with Crippen LogP contribution in [0, 0.1) is 11.6 Å². The Bertz CT molecular complexity index is 1150. The number of nitrogens with zero attached hydrogens (tertiary/aromatic N) is 3. The monoisotopic (exact) mass is 456 g/mol. The van der Waals surface area contributed by atoms with Crippen molar-refractivity contribution < 1.29 is 19.0 Å². The molecule has 166 valence electrons. The predicted octanol–water partition coefficient (Wildman–Crippen LogP) is 4.07. The number of fused-ring (bicyclic) bond motifs is 1. The van der Waals surface area contributed by atoms with E-state index < -0.39 is 17.7 Å². The zero-order chi connectivity index (χ0) is 22.7. The van der Waals surface area contributed by atoms with Crippen LogP contribution >= 0.6 is 11.8 Å². The average molecular weight is 457 g/mol. The summed E-state index contributed by atoms with van der Waals surface area (Å²) in [4.78, 5) is 11.9. The Morgan fingerprint density at radius 1 is 1.12 bits per heavy atom. The average Bonchev–Trinajstić information content (AvgIpc) is 2.82. The number of thioether (sulfide) groups is 1. The molecule has 32 heavy (non-hydrogen) atoms. The minimum atomic E-state index is -0.700. The standard InChI is InChI=1S/C23H22F2N4O2S/c1-32-20-7-3-2-5-16(20)21-17-6-4-10-29(19-9-8-14(24)11-18(19)25)22(17)28-23(27-21)26-15(12-30)13-31/h2-9,11,15,30-31H,10,12-13H2,1H3,(H,26,27,28). The van der Waals surface area contributed by atoms with Crippen molar-refractivity contribution >= 4 is 35.3 Å². The van der Waals surface area contributed by atoms with Gasteiger partial charge in [-0.05, 0) is 24.5 Å². The van der Waals surface area contributed by atoms with Gasteiger partial charge in [-0.1, -0.05) is 30.4 Å². The number of hydrogen-bond acceptors (Lipinski definition) is 7. The maximum atomic E-state index is 14.7. The Labute approximate surface area is 188 Å². The van der Waals surface area contributed by atoms with Gasteiger partial charge in [0.1, 0.15) is 17.5 Å². The summed E-state index contributed by atoms with van der Waals surface area (Å²) in [5.41, 5.74) is 2.38. The summed E-state index contributed by atoms with van der Waals surface area (Å²) in [6, 6.07) is 10.5. The van der Waals surface area contributed by atoms with E-state index in [4.69, 9.17) is 0 Å². The molecule has 0 amide bonds. The highest BCUT2D eigenvalue weighted by atomic mass is 32.2. The van der Waals surface area contributed by atoms with Gasteiger partial charge in [-0.2, -0.15) is 4.98 Å². The molecule has 0 radical (unpaired) electrons. The van der Waals surface area contributed by atoms with E-state index >= 15 is 0 Å². The van der Waals surface area contributed by atoms with Crippen molar-refractivity contribution in [3.8, 4) is 11.3 Å². The fourth-order valence-electron chi connectivity index (χ4n) is 3.53. The molecule has 4 rings (SSSR count). The molecule has 0 fully saturated rings. The third-order valence-electron chi connectivity index (χ3n) is 5.09. The van der Waals surface area contributed by atoms with Crippen molar-refractivity contribution in [2.24, 2.45) is 0 Å². The molecule has 0 spiro atoms. The molecule has 2 heterocycles. The zero-order valence-electron chi connectivity index (χ0n) is 17.3. The summed E-state index contributed by atoms with van der Waals surface area (Å²) >= 11 is 1.57. The van der Waals surface area contributed by atoms with Crippen molar-refractivity contribution in [1.29, 1.82) is 0 Å². The minimum absolute atomic E-state index is 0.186. The molecule has 1 aliphatic heterocycles. The van der Waals surface area contributed by atoms with Gasteiger partial charge in [-0.15, -0.1) is 11.8 Å². The van der Waals surface area contributed by atoms with Gasteiger partial charge in [0, 0.05) is 28.6 Å². The summed E-state index contributed by atoms with van der Waals surface area (Å²) in [5, 5.41) is 21.9. The molecule has 0 saturated carbocycles. The molecule has 9 heteroatoms. The van der Waals surface area contributed by atoms with E-state index in [1.54, 1.807) is 16.7 Å². The Balaban J connectivity index is 1.92. The number of benzene rings is 2. The highest BCUT2D eigenvalue weighted by Crippen LogP contribution is 2.40. The molecule has 6 nitrogen and oxygen atoms in total. The topological polar surface area (TPSA) is 81.5 Å². The van der Waals surface area contributed by atoms with E-state index in [9.17, 15) is 19.0 Å². The van der Waals surface area contributed by atoms with Crippen molar-refractivity contribution in [2.45, 2.75) is 10.9 Å². The van der Waals surface area contributed by atoms with Crippen molar-refractivity contribution in [3.05, 3.63) is 65.7 Å². The highest BCUT2D eigenvalue weighted by Gasteiger charge is 2.26. The van der Waals surface area contributed by atoms with Gasteiger partial charge < -0.3 is 20.4 Å². The third-order valence-corrected chi connectivity index (χ3v) is 5.89. The van der Waals surface area contributed by atoms with Gasteiger partial charge in [-0.3, -0.25) is 0 Å². The fraction of sp³-hybridized carbons (Fsp3) is 0.217. The molecule has 2 aromatic carbocycles. The molecule has 0 atom stereocenters. The first-order chi connectivity index (χ1) is 15.5. The number of aromatic nitrogens is 2. The lowest BCUT2D eigenvalue weighted by Gasteiger charge is -2.29. The summed E-state index contributed by atoms with van der Waals surface area (Å²) in [6.07, 6.45) is 5.73. The van der Waals surface area contributed by atoms with Crippen LogP contribution in [0.3, 0.4) is 0 Å². The van der Waals surface area contributed by atoms with Crippen molar-refractivity contribution in [3.63, 3.8) is 0 Å². The molecule has 3 N–H and O–H groups in total. The highest BCUT2D eigenvalue weighted by molar-refractivity contribution is 7.98. The first-order valence-corrected chi connectivity index (χ1v) is 11.2. The summed E-state index contributed by atoms with van der Waals surface area (Å²) in [6.45, 7) is -0.299. The number of halogens is 2. The molecule has 0 aliphatic carbocycles. The smallest absolute Gasteiger partial charge is 0.225 e. The van der Waals surface area contributed by atoms with E-state index in [1.807, 2.05) is 42.7 Å². The number of nitrogens with one attached hydrogen (secondary N) is 1. The van der Waals surface area contributed by atoms with Crippen LogP contribution < -0.4 is 10.2 Å². The lowest BCUT2D eigenvalue weighted by atomic mass is 10.0. The first-order valence-electron chi connectivity index (χ1n) is 9.98. The van der Waals surface area contributed by atoms with Crippen molar-refractivity contribution in [2.75, 3.05) is 36.2 Å². The van der Waals surface area contributed by atoms with Crippen LogP contribution in [0.25, 0.3) is 17.3 Å². The fourth-order valence-corrected chi connectivity index (χ4v) is 4.13. The normalized spacial score (nSPS) is 12.9. The first kappa shape index (κ1) is 22.2. The van der Waals surface area contributed by atoms with Gasteiger partial charge in [0.25, 0.3) is 0 Å². The van der Waals surface area contributed by atoms with Gasteiger partial charge in [0.05, 0.1) is 30.6 Å². The predicted molar refractivity (Wildman–Crippen MR) is 123 cm³/mol. The van der Waals surface area contributed by atoms with Crippen LogP contribution in [0.2, 0.25) is 0 Å². The molecular formula is C23H22F2N4O2S. The molecular weight excluding hydrogens is 434 g/mol. The second-order valence-electron chi connectivity index (χ2n) is 7.15. The summed E-state index contributed by atoms with van der Waals surface area (Å²) < 4.78 is 28.2. The zero-order valence-corrected chi connectivity index (χ0v) is 18.1. The van der Waals surface area contributed by atoms with Crippen LogP contribution in [0.1, 0.15) is 5.56 Å². The van der Waals surface area contributed by atoms with Crippen LogP contribution in [0.4, 0.5) is 26.2 Å². The Morgan fingerprint density at radius 3 is 2.62 bits per heavy atom. The number of hydrogen-bond donors (Lipinski definition) is 3. The van der Waals surface area contributed by atoms with Crippen molar-refractivity contribution in [1.82, 2.24) is 9.97 Å². The molecule has 1 aliphatic rings. The second kappa shape index (κ2) is 9.64. The number of aliphatic hydroxyl groups excluding tert-OH is 2. The Morgan fingerprint density at radius 2 is 1.91 bits per heavy atom. The van der Waals surface area contributed by atoms with Crippen LogP contribution in [-0.4, -0.2) is 52.2 Å². The number of rotatable bonds is 7. The van der Waals surface area contributed by atoms with E-state index in [-0.39, 0.29) is 24.8 Å². The largest absolute Gasteiger partial charge is 0.394 e. The number of aliphatic hydroxyl groups is 2. The Hall–Kier alpha value is -3.01. The minimum Gasteiger partial charge on any atom is -0.394 e. The molecule has 1 aromatic heterocycles. The van der Waals surface area contributed by atoms with Crippen LogP contribution in [0.15, 0.2) is 53.4 Å². The molecule has 0 saturated heterocycles. The maximum absolute atomic E-state index is 14.7. The molecule has 0 bridgehead atoms. The second-order valence-corrected chi connectivity index (χ2v) is 8.00. The SMILES string of the molecule is CSc1ccccc1-c1nc(NC(CO)CO)nc2c1C=CCN2c1ccc(F)cc1F. The molecule has 0 unspecified atom stereocenters. The van der Waals surface area contributed by atoms with Gasteiger partial charge in [0.15, 0.2) is 0 Å². The van der Waals surface area contributed by atoms with Gasteiger partial charge in [0.2, 0.25) is 5.95 Å². The number of anilines is 3. The van der Waals surface area contributed by atoms with E-state index in [0.29, 0.717) is 23.6 Å². The Kier molecular flexibility index (Phi) is 6.69. The third kappa shape index (κ3) is 4.32. The van der Waals surface area contributed by atoms with E-state index in [1.165, 1.54) is 12.1 Å². The maximum Gasteiger partial charge on any atom is 0.225 e. The summed E-state index contributed by atoms with van der Waals surface area (Å²) in [5.74, 6) is -0.733. The van der Waals surface area contributed by atoms with Crippen LogP contribution in [-0.2, 0) is 0 Å².